The molecule has 0 radical (unpaired) electrons. The van der Waals surface area contributed by atoms with E-state index in [1.807, 2.05) is 6.07 Å². The minimum absolute atomic E-state index is 0.252. The molecule has 2 N–H and O–H groups in total. The molecule has 1 atom stereocenters. The molecule has 0 saturated carbocycles. The van der Waals surface area contributed by atoms with Crippen LogP contribution in [0.15, 0.2) is 30.6 Å². The average molecular weight is 288 g/mol. The third-order valence-corrected chi connectivity index (χ3v) is 3.12. The predicted octanol–water partition coefficient (Wildman–Crippen LogP) is -0.323. The molecule has 2 aromatic rings. The lowest BCUT2D eigenvalue weighted by Crippen LogP contribution is -2.31. The van der Waals surface area contributed by atoms with Crippen molar-refractivity contribution in [3.63, 3.8) is 0 Å². The molecule has 0 amide bonds. The first kappa shape index (κ1) is 13.7. The minimum Gasteiger partial charge on any atom is -0.484 e. The van der Waals surface area contributed by atoms with Crippen LogP contribution in [-0.4, -0.2) is 40.9 Å². The van der Waals surface area contributed by atoms with Gasteiger partial charge in [0.1, 0.15) is 6.61 Å². The normalized spacial score (nSPS) is 16.4. The Hall–Kier alpha value is -2.32. The summed E-state index contributed by atoms with van der Waals surface area (Å²) in [6, 6.07) is 5.08. The highest BCUT2D eigenvalue weighted by atomic mass is 16.6. The number of nitrogens with zero attached hydrogens (tertiary/aromatic N) is 2. The van der Waals surface area contributed by atoms with Crippen LogP contribution in [0.25, 0.3) is 0 Å². The summed E-state index contributed by atoms with van der Waals surface area (Å²) in [6.07, 6.45) is 2.67. The van der Waals surface area contributed by atoms with Crippen molar-refractivity contribution >= 4 is 12.6 Å². The van der Waals surface area contributed by atoms with Crippen molar-refractivity contribution in [3.05, 3.63) is 36.2 Å². The second kappa shape index (κ2) is 5.59. The summed E-state index contributed by atoms with van der Waals surface area (Å²) in [7, 11) is -0.0369. The highest BCUT2D eigenvalue weighted by Gasteiger charge is 2.25. The maximum atomic E-state index is 9.10. The lowest BCUT2D eigenvalue weighted by molar-refractivity contribution is 0.0849. The third-order valence-electron chi connectivity index (χ3n) is 3.12. The van der Waals surface area contributed by atoms with E-state index in [1.165, 1.54) is 12.3 Å². The van der Waals surface area contributed by atoms with Crippen LogP contribution in [0.3, 0.4) is 0 Å². The number of rotatable bonds is 3. The van der Waals surface area contributed by atoms with Gasteiger partial charge in [0.15, 0.2) is 11.9 Å². The SMILES string of the molecule is COc1ccc([C@H]2COc3cc(B(O)O)cnc3O2)cn1. The van der Waals surface area contributed by atoms with Crippen molar-refractivity contribution in [3.8, 4) is 17.5 Å². The van der Waals surface area contributed by atoms with Gasteiger partial charge in [0, 0.05) is 29.5 Å². The molecule has 0 unspecified atom stereocenters. The van der Waals surface area contributed by atoms with Gasteiger partial charge < -0.3 is 24.3 Å². The van der Waals surface area contributed by atoms with Crippen LogP contribution >= 0.6 is 0 Å². The molecule has 0 spiro atoms. The Morgan fingerprint density at radius 1 is 1.29 bits per heavy atom. The van der Waals surface area contributed by atoms with Gasteiger partial charge in [-0.3, -0.25) is 0 Å². The highest BCUT2D eigenvalue weighted by molar-refractivity contribution is 6.58. The van der Waals surface area contributed by atoms with E-state index in [0.29, 0.717) is 17.5 Å². The van der Waals surface area contributed by atoms with E-state index in [2.05, 4.69) is 9.97 Å². The monoisotopic (exact) mass is 288 g/mol. The fourth-order valence-corrected chi connectivity index (χ4v) is 1.98. The molecular weight excluding hydrogens is 275 g/mol. The zero-order valence-corrected chi connectivity index (χ0v) is 11.3. The fraction of sp³-hybridized carbons (Fsp3) is 0.231. The van der Waals surface area contributed by atoms with Gasteiger partial charge in [-0.1, -0.05) is 0 Å². The number of hydrogen-bond donors (Lipinski definition) is 2. The molecule has 3 heterocycles. The summed E-state index contributed by atoms with van der Waals surface area (Å²) < 4.78 is 16.3. The predicted molar refractivity (Wildman–Crippen MR) is 73.7 cm³/mol. The molecule has 0 bridgehead atoms. The van der Waals surface area contributed by atoms with Crippen LogP contribution in [0.1, 0.15) is 11.7 Å². The molecular formula is C13H13BN2O5. The van der Waals surface area contributed by atoms with Gasteiger partial charge in [-0.25, -0.2) is 9.97 Å². The van der Waals surface area contributed by atoms with Crippen LogP contribution in [0.5, 0.6) is 17.5 Å². The molecule has 0 fully saturated rings. The van der Waals surface area contributed by atoms with E-state index < -0.39 is 7.12 Å². The van der Waals surface area contributed by atoms with E-state index in [1.54, 1.807) is 19.4 Å². The molecule has 0 aromatic carbocycles. The molecule has 2 aromatic heterocycles. The maximum absolute atomic E-state index is 9.10. The Labute approximate surface area is 121 Å². The number of ether oxygens (including phenoxy) is 3. The Balaban J connectivity index is 1.80. The van der Waals surface area contributed by atoms with Crippen molar-refractivity contribution in [2.24, 2.45) is 0 Å². The lowest BCUT2D eigenvalue weighted by Gasteiger charge is -2.26. The maximum Gasteiger partial charge on any atom is 0.490 e. The van der Waals surface area contributed by atoms with Crippen molar-refractivity contribution < 1.29 is 24.3 Å². The average Bonchev–Trinajstić information content (AvgIpc) is 2.54. The van der Waals surface area contributed by atoms with E-state index in [4.69, 9.17) is 24.3 Å². The highest BCUT2D eigenvalue weighted by Crippen LogP contribution is 2.33. The molecule has 7 nitrogen and oxygen atoms in total. The summed E-state index contributed by atoms with van der Waals surface area (Å²) in [5.41, 5.74) is 1.09. The Kier molecular flexibility index (Phi) is 3.63. The summed E-state index contributed by atoms with van der Waals surface area (Å²) in [6.45, 7) is 0.285. The number of hydrogen-bond acceptors (Lipinski definition) is 7. The summed E-state index contributed by atoms with van der Waals surface area (Å²) >= 11 is 0. The molecule has 1 aliphatic rings. The van der Waals surface area contributed by atoms with Crippen LogP contribution in [0.2, 0.25) is 0 Å². The first-order chi connectivity index (χ1) is 10.2. The molecule has 108 valence electrons. The number of pyridine rings is 2. The Morgan fingerprint density at radius 2 is 2.14 bits per heavy atom. The van der Waals surface area contributed by atoms with Crippen molar-refractivity contribution in [2.75, 3.05) is 13.7 Å². The fourth-order valence-electron chi connectivity index (χ4n) is 1.98. The van der Waals surface area contributed by atoms with Crippen molar-refractivity contribution in [2.45, 2.75) is 6.10 Å². The van der Waals surface area contributed by atoms with Crippen LogP contribution in [0.4, 0.5) is 0 Å². The summed E-state index contributed by atoms with van der Waals surface area (Å²) in [5.74, 6) is 1.22. The van der Waals surface area contributed by atoms with E-state index in [-0.39, 0.29) is 18.2 Å². The molecule has 1 aliphatic heterocycles. The smallest absolute Gasteiger partial charge is 0.484 e. The van der Waals surface area contributed by atoms with Crippen LogP contribution in [0, 0.1) is 0 Å². The standard InChI is InChI=1S/C13H13BN2O5/c1-19-12-3-2-8(5-15-12)11-7-20-10-4-9(14(17)18)6-16-13(10)21-11/h2-6,11,17-18H,7H2,1H3/t11-/m1/s1. The van der Waals surface area contributed by atoms with Gasteiger partial charge in [0.25, 0.3) is 5.88 Å². The zero-order valence-electron chi connectivity index (χ0n) is 11.3. The molecule has 0 saturated heterocycles. The van der Waals surface area contributed by atoms with Crippen LogP contribution < -0.4 is 19.7 Å². The van der Waals surface area contributed by atoms with Gasteiger partial charge >= 0.3 is 7.12 Å². The molecule has 8 heteroatoms. The first-order valence-electron chi connectivity index (χ1n) is 6.33. The summed E-state index contributed by atoms with van der Waals surface area (Å²) in [5, 5.41) is 18.2. The number of aromatic nitrogens is 2. The Bertz CT molecular complexity index is 635. The second-order valence-electron chi connectivity index (χ2n) is 4.50. The first-order valence-corrected chi connectivity index (χ1v) is 6.33. The van der Waals surface area contributed by atoms with Gasteiger partial charge in [-0.15, -0.1) is 0 Å². The topological polar surface area (TPSA) is 93.9 Å². The lowest BCUT2D eigenvalue weighted by atomic mass is 9.81. The van der Waals surface area contributed by atoms with E-state index in [0.717, 1.165) is 5.56 Å². The van der Waals surface area contributed by atoms with Crippen molar-refractivity contribution in [1.29, 1.82) is 0 Å². The van der Waals surface area contributed by atoms with E-state index >= 15 is 0 Å². The minimum atomic E-state index is -1.59. The van der Waals surface area contributed by atoms with Gasteiger partial charge in [-0.05, 0) is 12.1 Å². The molecule has 21 heavy (non-hydrogen) atoms. The van der Waals surface area contributed by atoms with Gasteiger partial charge in [-0.2, -0.15) is 0 Å². The molecule has 0 aliphatic carbocycles. The molecule has 3 rings (SSSR count). The zero-order chi connectivity index (χ0) is 14.8. The number of methoxy groups -OCH3 is 1. The third kappa shape index (κ3) is 2.76. The van der Waals surface area contributed by atoms with Crippen molar-refractivity contribution in [1.82, 2.24) is 9.97 Å². The van der Waals surface area contributed by atoms with E-state index in [9.17, 15) is 0 Å². The van der Waals surface area contributed by atoms with Gasteiger partial charge in [0.05, 0.1) is 7.11 Å². The quantitative estimate of drug-likeness (QED) is 0.747. The second-order valence-corrected chi connectivity index (χ2v) is 4.50. The summed E-state index contributed by atoms with van der Waals surface area (Å²) in [4.78, 5) is 8.16. The largest absolute Gasteiger partial charge is 0.490 e. The number of fused-ring (bicyclic) bond motifs is 1. The van der Waals surface area contributed by atoms with Crippen LogP contribution in [-0.2, 0) is 0 Å². The Morgan fingerprint density at radius 3 is 2.81 bits per heavy atom. The van der Waals surface area contributed by atoms with Gasteiger partial charge in [0.2, 0.25) is 5.88 Å².